The molecule has 0 atom stereocenters. The van der Waals surface area contributed by atoms with Crippen LogP contribution in [0, 0.1) is 10.1 Å². The van der Waals surface area contributed by atoms with E-state index in [-0.39, 0.29) is 17.4 Å². The van der Waals surface area contributed by atoms with E-state index in [1.165, 1.54) is 18.2 Å². The fourth-order valence-corrected chi connectivity index (χ4v) is 3.41. The van der Waals surface area contributed by atoms with Gasteiger partial charge in [0.05, 0.1) is 29.2 Å². The molecule has 1 fully saturated rings. The number of rotatable bonds is 6. The summed E-state index contributed by atoms with van der Waals surface area (Å²) >= 11 is 0. The molecule has 0 spiro atoms. The summed E-state index contributed by atoms with van der Waals surface area (Å²) in [5, 5.41) is 10.5. The number of morpholine rings is 1. The van der Waals surface area contributed by atoms with Crippen LogP contribution in [0.2, 0.25) is 0 Å². The smallest absolute Gasteiger partial charge is 0.274 e. The topological polar surface area (TPSA) is 130 Å². The molecule has 10 nitrogen and oxygen atoms in total. The van der Waals surface area contributed by atoms with Crippen molar-refractivity contribution in [3.63, 3.8) is 0 Å². The number of aromatic amines is 1. The molecule has 1 aromatic heterocycles. The van der Waals surface area contributed by atoms with Gasteiger partial charge in [-0.05, 0) is 6.07 Å². The van der Waals surface area contributed by atoms with E-state index >= 15 is 0 Å². The van der Waals surface area contributed by atoms with Gasteiger partial charge in [0.2, 0.25) is 5.16 Å². The Morgan fingerprint density at radius 2 is 2.12 bits per heavy atom. The van der Waals surface area contributed by atoms with Crippen LogP contribution in [-0.2, 0) is 14.8 Å². The van der Waals surface area contributed by atoms with E-state index < -0.39 is 14.9 Å². The maximum atomic E-state index is 12.3. The average molecular weight is 355 g/mol. The predicted molar refractivity (Wildman–Crippen MR) is 85.2 cm³/mol. The quantitative estimate of drug-likeness (QED) is 0.554. The number of sulfonamides is 1. The lowest BCUT2D eigenvalue weighted by Gasteiger charge is -2.26. The van der Waals surface area contributed by atoms with E-state index in [1.807, 2.05) is 0 Å². The lowest BCUT2D eigenvalue weighted by molar-refractivity contribution is -0.384. The molecule has 0 saturated carbocycles. The summed E-state index contributed by atoms with van der Waals surface area (Å²) in [4.78, 5) is 18.9. The molecular formula is C13H17N5O5S. The van der Waals surface area contributed by atoms with Crippen molar-refractivity contribution in [1.29, 1.82) is 0 Å². The zero-order valence-electron chi connectivity index (χ0n) is 12.8. The van der Waals surface area contributed by atoms with Crippen LogP contribution < -0.4 is 4.72 Å². The highest BCUT2D eigenvalue weighted by Gasteiger charge is 2.20. The average Bonchev–Trinajstić information content (AvgIpc) is 2.99. The van der Waals surface area contributed by atoms with Gasteiger partial charge in [0.15, 0.2) is 0 Å². The minimum atomic E-state index is -3.80. The highest BCUT2D eigenvalue weighted by molar-refractivity contribution is 7.89. The van der Waals surface area contributed by atoms with Gasteiger partial charge in [-0.3, -0.25) is 15.0 Å². The number of nitrogens with one attached hydrogen (secondary N) is 2. The number of aromatic nitrogens is 2. The van der Waals surface area contributed by atoms with Gasteiger partial charge in [-0.1, -0.05) is 0 Å². The van der Waals surface area contributed by atoms with Gasteiger partial charge in [0, 0.05) is 38.3 Å². The fourth-order valence-electron chi connectivity index (χ4n) is 2.45. The van der Waals surface area contributed by atoms with Crippen molar-refractivity contribution < 1.29 is 18.1 Å². The summed E-state index contributed by atoms with van der Waals surface area (Å²) in [5.74, 6) is 0. The minimum absolute atomic E-state index is 0.129. The normalized spacial score (nSPS) is 16.5. The van der Waals surface area contributed by atoms with Crippen molar-refractivity contribution in [2.45, 2.75) is 5.16 Å². The zero-order valence-corrected chi connectivity index (χ0v) is 13.6. The number of imidazole rings is 1. The fraction of sp³-hybridized carbons (Fsp3) is 0.462. The number of nitro groups is 1. The third-order valence-electron chi connectivity index (χ3n) is 3.73. The van der Waals surface area contributed by atoms with Crippen LogP contribution in [0.5, 0.6) is 0 Å². The summed E-state index contributed by atoms with van der Waals surface area (Å²) < 4.78 is 32.3. The molecule has 3 rings (SSSR count). The second-order valence-corrected chi connectivity index (χ2v) is 7.03. The number of hydrogen-bond donors (Lipinski definition) is 2. The maximum Gasteiger partial charge on any atom is 0.274 e. The molecular weight excluding hydrogens is 338 g/mol. The SMILES string of the molecule is O=[N+]([O-])c1ccc2nc(S(=O)(=O)NCCN3CCOCC3)[nH]c2c1. The maximum absolute atomic E-state index is 12.3. The van der Waals surface area contributed by atoms with E-state index in [0.717, 1.165) is 13.1 Å². The third kappa shape index (κ3) is 3.70. The van der Waals surface area contributed by atoms with Gasteiger partial charge in [-0.2, -0.15) is 0 Å². The largest absolute Gasteiger partial charge is 0.379 e. The third-order valence-corrected chi connectivity index (χ3v) is 5.02. The first-order chi connectivity index (χ1) is 11.5. The van der Waals surface area contributed by atoms with Crippen molar-refractivity contribution in [3.05, 3.63) is 28.3 Å². The lowest BCUT2D eigenvalue weighted by Crippen LogP contribution is -2.41. The van der Waals surface area contributed by atoms with Gasteiger partial charge >= 0.3 is 0 Å². The second kappa shape index (κ2) is 6.81. The Morgan fingerprint density at radius 3 is 2.83 bits per heavy atom. The number of H-pyrrole nitrogens is 1. The Morgan fingerprint density at radius 1 is 1.38 bits per heavy atom. The van der Waals surface area contributed by atoms with Crippen LogP contribution in [0.15, 0.2) is 23.4 Å². The van der Waals surface area contributed by atoms with Crippen molar-refractivity contribution >= 4 is 26.7 Å². The first kappa shape index (κ1) is 16.8. The summed E-state index contributed by atoms with van der Waals surface area (Å²) in [6, 6.07) is 3.96. The number of ether oxygens (including phenoxy) is 1. The zero-order chi connectivity index (χ0) is 17.2. The molecule has 1 saturated heterocycles. The number of nitro benzene ring substituents is 1. The standard InChI is InChI=1S/C13H17N5O5S/c19-18(20)10-1-2-11-12(9-10)16-13(15-11)24(21,22)14-3-4-17-5-7-23-8-6-17/h1-2,9,14H,3-8H2,(H,15,16). The molecule has 24 heavy (non-hydrogen) atoms. The van der Waals surface area contributed by atoms with Crippen LogP contribution in [0.1, 0.15) is 0 Å². The van der Waals surface area contributed by atoms with E-state index in [1.54, 1.807) is 0 Å². The number of fused-ring (bicyclic) bond motifs is 1. The van der Waals surface area contributed by atoms with Crippen molar-refractivity contribution in [2.75, 3.05) is 39.4 Å². The highest BCUT2D eigenvalue weighted by atomic mass is 32.2. The van der Waals surface area contributed by atoms with Gasteiger partial charge in [0.1, 0.15) is 0 Å². The van der Waals surface area contributed by atoms with Crippen LogP contribution in [0.25, 0.3) is 11.0 Å². The number of hydrogen-bond acceptors (Lipinski definition) is 7. The molecule has 2 aromatic rings. The minimum Gasteiger partial charge on any atom is -0.379 e. The Hall–Kier alpha value is -2.08. The summed E-state index contributed by atoms with van der Waals surface area (Å²) in [6.07, 6.45) is 0. The van der Waals surface area contributed by atoms with Crippen LogP contribution in [-0.4, -0.2) is 67.6 Å². The van der Waals surface area contributed by atoms with E-state index in [0.29, 0.717) is 30.8 Å². The van der Waals surface area contributed by atoms with Crippen molar-refractivity contribution in [1.82, 2.24) is 19.6 Å². The molecule has 0 radical (unpaired) electrons. The lowest BCUT2D eigenvalue weighted by atomic mass is 10.3. The summed E-state index contributed by atoms with van der Waals surface area (Å²) in [6.45, 7) is 3.67. The molecule has 2 N–H and O–H groups in total. The molecule has 0 unspecified atom stereocenters. The van der Waals surface area contributed by atoms with E-state index in [2.05, 4.69) is 19.6 Å². The second-order valence-electron chi connectivity index (χ2n) is 5.35. The molecule has 1 aromatic carbocycles. The first-order valence-corrected chi connectivity index (χ1v) is 8.88. The molecule has 130 valence electrons. The Balaban J connectivity index is 1.69. The molecule has 0 bridgehead atoms. The Kier molecular flexibility index (Phi) is 4.76. The number of nitrogens with zero attached hydrogens (tertiary/aromatic N) is 3. The highest BCUT2D eigenvalue weighted by Crippen LogP contribution is 2.20. The Labute approximate surface area is 138 Å². The molecule has 1 aliphatic heterocycles. The van der Waals surface area contributed by atoms with E-state index in [9.17, 15) is 18.5 Å². The molecule has 0 aliphatic carbocycles. The van der Waals surface area contributed by atoms with Gasteiger partial charge in [0.25, 0.3) is 15.7 Å². The molecule has 0 amide bonds. The number of benzene rings is 1. The van der Waals surface area contributed by atoms with Crippen LogP contribution in [0.4, 0.5) is 5.69 Å². The Bertz CT molecular complexity index is 844. The monoisotopic (exact) mass is 355 g/mol. The van der Waals surface area contributed by atoms with Crippen molar-refractivity contribution in [2.24, 2.45) is 0 Å². The first-order valence-electron chi connectivity index (χ1n) is 7.40. The van der Waals surface area contributed by atoms with Crippen LogP contribution in [0.3, 0.4) is 0 Å². The number of non-ortho nitro benzene ring substituents is 1. The summed E-state index contributed by atoms with van der Waals surface area (Å²) in [7, 11) is -3.80. The van der Waals surface area contributed by atoms with Crippen molar-refractivity contribution in [3.8, 4) is 0 Å². The molecule has 2 heterocycles. The van der Waals surface area contributed by atoms with Crippen LogP contribution >= 0.6 is 0 Å². The molecule has 11 heteroatoms. The predicted octanol–water partition coefficient (Wildman–Crippen LogP) is 0.0816. The van der Waals surface area contributed by atoms with Gasteiger partial charge in [-0.25, -0.2) is 18.1 Å². The van der Waals surface area contributed by atoms with Gasteiger partial charge in [-0.15, -0.1) is 0 Å². The summed E-state index contributed by atoms with van der Waals surface area (Å²) in [5.41, 5.74) is 0.530. The molecule has 1 aliphatic rings. The van der Waals surface area contributed by atoms with Gasteiger partial charge < -0.3 is 9.72 Å². The van der Waals surface area contributed by atoms with E-state index in [4.69, 9.17) is 4.74 Å².